The number of ether oxygens (including phenoxy) is 2. The lowest BCUT2D eigenvalue weighted by Gasteiger charge is -2.39. The van der Waals surface area contributed by atoms with Crippen molar-refractivity contribution in [1.29, 1.82) is 0 Å². The zero-order valence-electron chi connectivity index (χ0n) is 15.2. The number of hydrogen-bond donors (Lipinski definition) is 1. The van der Waals surface area contributed by atoms with E-state index in [2.05, 4.69) is 0 Å². The molecule has 2 atom stereocenters. The van der Waals surface area contributed by atoms with Gasteiger partial charge in [-0.05, 0) is 30.4 Å². The van der Waals surface area contributed by atoms with Crippen LogP contribution in [-0.4, -0.2) is 55.8 Å². The van der Waals surface area contributed by atoms with Gasteiger partial charge >= 0.3 is 5.97 Å². The number of likely N-dealkylation sites (tertiary alicyclic amines) is 1. The van der Waals surface area contributed by atoms with Crippen LogP contribution in [0.4, 0.5) is 0 Å². The van der Waals surface area contributed by atoms with Crippen molar-refractivity contribution in [3.05, 3.63) is 29.8 Å². The molecule has 1 aliphatic heterocycles. The number of para-hydroxylation sites is 1. The predicted octanol–water partition coefficient (Wildman–Crippen LogP) is 2.53. The van der Waals surface area contributed by atoms with E-state index >= 15 is 0 Å². The van der Waals surface area contributed by atoms with Crippen molar-refractivity contribution in [1.82, 2.24) is 4.90 Å². The monoisotopic (exact) mass is 349 g/mol. The lowest BCUT2D eigenvalue weighted by Crippen LogP contribution is -2.52. The van der Waals surface area contributed by atoms with Gasteiger partial charge in [0, 0.05) is 26.6 Å². The van der Waals surface area contributed by atoms with Crippen molar-refractivity contribution < 1.29 is 24.2 Å². The first-order valence-electron chi connectivity index (χ1n) is 8.56. The Kier molecular flexibility index (Phi) is 6.42. The molecule has 1 amide bonds. The second-order valence-electron chi connectivity index (χ2n) is 6.78. The maximum Gasteiger partial charge on any atom is 0.313 e. The van der Waals surface area contributed by atoms with Crippen molar-refractivity contribution in [2.45, 2.75) is 32.1 Å². The molecule has 25 heavy (non-hydrogen) atoms. The van der Waals surface area contributed by atoms with Gasteiger partial charge in [-0.2, -0.15) is 0 Å². The third kappa shape index (κ3) is 4.31. The highest BCUT2D eigenvalue weighted by Crippen LogP contribution is 2.33. The fourth-order valence-corrected chi connectivity index (χ4v) is 3.55. The summed E-state index contributed by atoms with van der Waals surface area (Å²) >= 11 is 0. The van der Waals surface area contributed by atoms with Gasteiger partial charge in [0.1, 0.15) is 11.2 Å². The standard InChI is InChI=1S/C19H27NO5/c1-14(15-7-4-5-8-16(15)25-3)11-17(21)20-10-6-9-19(12-20,13-24-2)18(22)23/h4-5,7-8,14H,6,9-13H2,1-3H3,(H,22,23). The van der Waals surface area contributed by atoms with Crippen LogP contribution in [0, 0.1) is 5.41 Å². The highest BCUT2D eigenvalue weighted by atomic mass is 16.5. The number of carboxylic acids is 1. The lowest BCUT2D eigenvalue weighted by molar-refractivity contribution is -0.159. The third-order valence-corrected chi connectivity index (χ3v) is 4.95. The summed E-state index contributed by atoms with van der Waals surface area (Å²) in [5.74, 6) is -0.169. The van der Waals surface area contributed by atoms with E-state index in [1.54, 1.807) is 12.0 Å². The molecule has 0 aromatic heterocycles. The van der Waals surface area contributed by atoms with Gasteiger partial charge in [-0.15, -0.1) is 0 Å². The van der Waals surface area contributed by atoms with Crippen molar-refractivity contribution >= 4 is 11.9 Å². The molecule has 0 radical (unpaired) electrons. The van der Waals surface area contributed by atoms with Gasteiger partial charge in [-0.3, -0.25) is 9.59 Å². The summed E-state index contributed by atoms with van der Waals surface area (Å²) in [7, 11) is 3.11. The first-order chi connectivity index (χ1) is 11.9. The van der Waals surface area contributed by atoms with Crippen LogP contribution in [0.3, 0.4) is 0 Å². The number of methoxy groups -OCH3 is 2. The zero-order valence-corrected chi connectivity index (χ0v) is 15.2. The van der Waals surface area contributed by atoms with Crippen LogP contribution >= 0.6 is 0 Å². The average Bonchev–Trinajstić information content (AvgIpc) is 2.61. The number of hydrogen-bond acceptors (Lipinski definition) is 4. The molecule has 0 aliphatic carbocycles. The van der Waals surface area contributed by atoms with E-state index in [1.165, 1.54) is 7.11 Å². The molecule has 1 N–H and O–H groups in total. The molecular formula is C19H27NO5. The number of amides is 1. The minimum Gasteiger partial charge on any atom is -0.496 e. The van der Waals surface area contributed by atoms with Crippen molar-refractivity contribution in [2.24, 2.45) is 5.41 Å². The van der Waals surface area contributed by atoms with Gasteiger partial charge in [0.2, 0.25) is 5.91 Å². The van der Waals surface area contributed by atoms with E-state index in [0.29, 0.717) is 25.8 Å². The van der Waals surface area contributed by atoms with Crippen LogP contribution in [0.15, 0.2) is 24.3 Å². The molecule has 1 saturated heterocycles. The number of rotatable bonds is 7. The molecule has 1 heterocycles. The fourth-order valence-electron chi connectivity index (χ4n) is 3.55. The first kappa shape index (κ1) is 19.2. The maximum atomic E-state index is 12.7. The Morgan fingerprint density at radius 3 is 2.68 bits per heavy atom. The zero-order chi connectivity index (χ0) is 18.4. The number of piperidine rings is 1. The minimum absolute atomic E-state index is 0.00719. The van der Waals surface area contributed by atoms with Gasteiger partial charge in [0.05, 0.1) is 13.7 Å². The van der Waals surface area contributed by atoms with Gasteiger partial charge < -0.3 is 19.5 Å². The summed E-state index contributed by atoms with van der Waals surface area (Å²) in [5.41, 5.74) is -0.0205. The van der Waals surface area contributed by atoms with E-state index in [-0.39, 0.29) is 25.0 Å². The molecule has 6 nitrogen and oxygen atoms in total. The van der Waals surface area contributed by atoms with Gasteiger partial charge in [0.15, 0.2) is 0 Å². The van der Waals surface area contributed by atoms with Crippen LogP contribution < -0.4 is 4.74 Å². The summed E-state index contributed by atoms with van der Waals surface area (Å²) in [5, 5.41) is 9.61. The number of aliphatic carboxylic acids is 1. The van der Waals surface area contributed by atoms with E-state index in [0.717, 1.165) is 11.3 Å². The summed E-state index contributed by atoms with van der Waals surface area (Å²) in [6.45, 7) is 2.90. The second-order valence-corrected chi connectivity index (χ2v) is 6.78. The topological polar surface area (TPSA) is 76.1 Å². The van der Waals surface area contributed by atoms with E-state index in [4.69, 9.17) is 9.47 Å². The molecule has 6 heteroatoms. The van der Waals surface area contributed by atoms with E-state index in [1.807, 2.05) is 31.2 Å². The Hall–Kier alpha value is -2.08. The molecule has 138 valence electrons. The Morgan fingerprint density at radius 2 is 2.04 bits per heavy atom. The summed E-state index contributed by atoms with van der Waals surface area (Å²) in [6.07, 6.45) is 1.52. The number of carbonyl (C=O) groups is 2. The summed E-state index contributed by atoms with van der Waals surface area (Å²) < 4.78 is 10.5. The molecular weight excluding hydrogens is 322 g/mol. The van der Waals surface area contributed by atoms with Crippen LogP contribution in [0.5, 0.6) is 5.75 Å². The Balaban J connectivity index is 2.08. The van der Waals surface area contributed by atoms with Crippen LogP contribution in [-0.2, 0) is 14.3 Å². The smallest absolute Gasteiger partial charge is 0.313 e. The van der Waals surface area contributed by atoms with E-state index < -0.39 is 11.4 Å². The Labute approximate surface area is 148 Å². The molecule has 2 rings (SSSR count). The maximum absolute atomic E-state index is 12.7. The van der Waals surface area contributed by atoms with Crippen molar-refractivity contribution in [3.8, 4) is 5.75 Å². The largest absolute Gasteiger partial charge is 0.496 e. The Bertz CT molecular complexity index is 614. The number of nitrogens with zero attached hydrogens (tertiary/aromatic N) is 1. The number of benzene rings is 1. The molecule has 1 fully saturated rings. The van der Waals surface area contributed by atoms with Crippen LogP contribution in [0.2, 0.25) is 0 Å². The molecule has 0 saturated carbocycles. The summed E-state index contributed by atoms with van der Waals surface area (Å²) in [4.78, 5) is 26.1. The number of carbonyl (C=O) groups excluding carboxylic acids is 1. The molecule has 0 bridgehead atoms. The predicted molar refractivity (Wildman–Crippen MR) is 93.8 cm³/mol. The van der Waals surface area contributed by atoms with Crippen molar-refractivity contribution in [2.75, 3.05) is 33.9 Å². The number of carboxylic acid groups (broad SMARTS) is 1. The highest BCUT2D eigenvalue weighted by molar-refractivity contribution is 5.80. The lowest BCUT2D eigenvalue weighted by atomic mass is 9.80. The minimum atomic E-state index is -1.00. The van der Waals surface area contributed by atoms with E-state index in [9.17, 15) is 14.7 Å². The van der Waals surface area contributed by atoms with Gasteiger partial charge in [-0.25, -0.2) is 0 Å². The normalized spacial score (nSPS) is 21.6. The van der Waals surface area contributed by atoms with Crippen LogP contribution in [0.25, 0.3) is 0 Å². The summed E-state index contributed by atoms with van der Waals surface area (Å²) in [6, 6.07) is 7.66. The molecule has 0 spiro atoms. The molecule has 2 unspecified atom stereocenters. The SMILES string of the molecule is COCC1(C(=O)O)CCCN(C(=O)CC(C)c2ccccc2OC)C1. The Morgan fingerprint density at radius 1 is 1.32 bits per heavy atom. The first-order valence-corrected chi connectivity index (χ1v) is 8.56. The highest BCUT2D eigenvalue weighted by Gasteiger charge is 2.43. The molecule has 1 aromatic carbocycles. The molecule has 1 aliphatic rings. The molecule has 1 aromatic rings. The van der Waals surface area contributed by atoms with Crippen molar-refractivity contribution in [3.63, 3.8) is 0 Å². The average molecular weight is 349 g/mol. The van der Waals surface area contributed by atoms with Crippen LogP contribution in [0.1, 0.15) is 37.7 Å². The van der Waals surface area contributed by atoms with Gasteiger partial charge in [-0.1, -0.05) is 25.1 Å². The van der Waals surface area contributed by atoms with Gasteiger partial charge in [0.25, 0.3) is 0 Å². The fraction of sp³-hybridized carbons (Fsp3) is 0.579. The quantitative estimate of drug-likeness (QED) is 0.819. The third-order valence-electron chi connectivity index (χ3n) is 4.95. The second kappa shape index (κ2) is 8.34.